The van der Waals surface area contributed by atoms with Gasteiger partial charge in [-0.25, -0.2) is 4.79 Å². The van der Waals surface area contributed by atoms with E-state index in [2.05, 4.69) is 20.9 Å². The van der Waals surface area contributed by atoms with Crippen LogP contribution >= 0.6 is 27.7 Å². The number of carboxylic acid groups (broad SMARTS) is 1. The van der Waals surface area contributed by atoms with Gasteiger partial charge < -0.3 is 9.84 Å². The molecular formula is C12H10BrNO3S. The van der Waals surface area contributed by atoms with Crippen LogP contribution in [-0.4, -0.2) is 28.6 Å². The fourth-order valence-corrected chi connectivity index (χ4v) is 2.61. The normalized spacial score (nSPS) is 12.6. The number of ether oxygens (including phenoxy) is 1. The summed E-state index contributed by atoms with van der Waals surface area (Å²) in [7, 11) is 1.38. The first-order valence-corrected chi connectivity index (χ1v) is 6.75. The molecule has 0 aliphatic rings. The van der Waals surface area contributed by atoms with E-state index in [0.717, 1.165) is 32.0 Å². The summed E-state index contributed by atoms with van der Waals surface area (Å²) in [5.41, 5.74) is -0.0330. The zero-order valence-electron chi connectivity index (χ0n) is 9.46. The minimum absolute atomic E-state index is 0.830. The highest BCUT2D eigenvalue weighted by atomic mass is 79.9. The molecule has 1 atom stereocenters. The van der Waals surface area contributed by atoms with Gasteiger partial charge in [-0.2, -0.15) is 0 Å². The van der Waals surface area contributed by atoms with Crippen LogP contribution in [0.5, 0.6) is 0 Å². The standard InChI is InChI=1S/C12H10BrNO3S/c1-17-12(11(15)16)18-9-2-3-10-7(5-9)4-8(13)6-14-10/h2-6,12H,1H3,(H,15,16). The van der Waals surface area contributed by atoms with Crippen LogP contribution in [0.1, 0.15) is 0 Å². The maximum atomic E-state index is 10.9. The smallest absolute Gasteiger partial charge is 0.343 e. The maximum absolute atomic E-state index is 10.9. The second-order valence-electron chi connectivity index (χ2n) is 3.53. The molecule has 0 saturated heterocycles. The number of hydrogen-bond donors (Lipinski definition) is 1. The number of thioether (sulfide) groups is 1. The van der Waals surface area contributed by atoms with Crippen LogP contribution in [0.2, 0.25) is 0 Å². The predicted molar refractivity (Wildman–Crippen MR) is 73.7 cm³/mol. The van der Waals surface area contributed by atoms with Gasteiger partial charge in [0.15, 0.2) is 0 Å². The number of benzene rings is 1. The van der Waals surface area contributed by atoms with E-state index in [1.165, 1.54) is 7.11 Å². The number of rotatable bonds is 4. The number of carboxylic acids is 1. The zero-order valence-corrected chi connectivity index (χ0v) is 11.9. The quantitative estimate of drug-likeness (QED) is 0.690. The van der Waals surface area contributed by atoms with E-state index in [1.54, 1.807) is 6.20 Å². The second kappa shape index (κ2) is 5.69. The van der Waals surface area contributed by atoms with E-state index in [0.29, 0.717) is 0 Å². The van der Waals surface area contributed by atoms with Crippen molar-refractivity contribution in [3.8, 4) is 0 Å². The number of methoxy groups -OCH3 is 1. The van der Waals surface area contributed by atoms with Crippen molar-refractivity contribution >= 4 is 44.6 Å². The van der Waals surface area contributed by atoms with Crippen LogP contribution in [0.4, 0.5) is 0 Å². The lowest BCUT2D eigenvalue weighted by Gasteiger charge is -2.10. The van der Waals surface area contributed by atoms with Gasteiger partial charge in [0, 0.05) is 28.1 Å². The molecular weight excluding hydrogens is 318 g/mol. The monoisotopic (exact) mass is 327 g/mol. The summed E-state index contributed by atoms with van der Waals surface area (Å²) in [6.07, 6.45) is 1.73. The maximum Gasteiger partial charge on any atom is 0.343 e. The number of aliphatic carboxylic acids is 1. The Morgan fingerprint density at radius 1 is 1.50 bits per heavy atom. The van der Waals surface area contributed by atoms with Crippen LogP contribution in [0, 0.1) is 0 Å². The summed E-state index contributed by atoms with van der Waals surface area (Å²) in [6, 6.07) is 7.53. The average molecular weight is 328 g/mol. The number of hydrogen-bond acceptors (Lipinski definition) is 4. The highest BCUT2D eigenvalue weighted by Crippen LogP contribution is 2.28. The van der Waals surface area contributed by atoms with E-state index < -0.39 is 11.4 Å². The largest absolute Gasteiger partial charge is 0.479 e. The molecule has 0 aliphatic heterocycles. The number of halogens is 1. The molecule has 0 radical (unpaired) electrons. The van der Waals surface area contributed by atoms with Gasteiger partial charge in [-0.05, 0) is 40.2 Å². The van der Waals surface area contributed by atoms with Gasteiger partial charge >= 0.3 is 5.97 Å². The molecule has 0 fully saturated rings. The molecule has 1 heterocycles. The summed E-state index contributed by atoms with van der Waals surface area (Å²) >= 11 is 4.51. The van der Waals surface area contributed by atoms with Gasteiger partial charge in [0.2, 0.25) is 5.44 Å². The van der Waals surface area contributed by atoms with Crippen molar-refractivity contribution in [1.29, 1.82) is 0 Å². The lowest BCUT2D eigenvalue weighted by molar-refractivity contribution is -0.143. The van der Waals surface area contributed by atoms with Gasteiger partial charge in [0.1, 0.15) is 0 Å². The van der Waals surface area contributed by atoms with Gasteiger partial charge in [-0.15, -0.1) is 0 Å². The Morgan fingerprint density at radius 3 is 2.94 bits per heavy atom. The molecule has 1 aromatic carbocycles. The summed E-state index contributed by atoms with van der Waals surface area (Å²) < 4.78 is 5.78. The SMILES string of the molecule is COC(Sc1ccc2ncc(Br)cc2c1)C(=O)O. The molecule has 0 aliphatic carbocycles. The van der Waals surface area contributed by atoms with E-state index in [-0.39, 0.29) is 0 Å². The third-order valence-electron chi connectivity index (χ3n) is 2.28. The molecule has 1 unspecified atom stereocenters. The third-order valence-corrected chi connectivity index (χ3v) is 3.85. The Morgan fingerprint density at radius 2 is 2.28 bits per heavy atom. The Bertz CT molecular complexity index is 591. The topological polar surface area (TPSA) is 59.4 Å². The first-order valence-electron chi connectivity index (χ1n) is 5.08. The lowest BCUT2D eigenvalue weighted by atomic mass is 10.2. The summed E-state index contributed by atoms with van der Waals surface area (Å²) in [5.74, 6) is -0.991. The van der Waals surface area contributed by atoms with E-state index in [1.807, 2.05) is 24.3 Å². The van der Waals surface area contributed by atoms with Crippen molar-refractivity contribution in [2.45, 2.75) is 10.3 Å². The van der Waals surface area contributed by atoms with Gasteiger partial charge in [-0.1, -0.05) is 11.8 Å². The van der Waals surface area contributed by atoms with E-state index >= 15 is 0 Å². The van der Waals surface area contributed by atoms with Crippen molar-refractivity contribution in [3.63, 3.8) is 0 Å². The van der Waals surface area contributed by atoms with Crippen molar-refractivity contribution in [2.24, 2.45) is 0 Å². The lowest BCUT2D eigenvalue weighted by Crippen LogP contribution is -2.17. The van der Waals surface area contributed by atoms with Crippen LogP contribution in [-0.2, 0) is 9.53 Å². The molecule has 2 aromatic rings. The van der Waals surface area contributed by atoms with Gasteiger partial charge in [0.25, 0.3) is 0 Å². The predicted octanol–water partition coefficient (Wildman–Crippen LogP) is 3.15. The van der Waals surface area contributed by atoms with Crippen molar-refractivity contribution < 1.29 is 14.6 Å². The number of carbonyl (C=O) groups is 1. The van der Waals surface area contributed by atoms with Crippen LogP contribution in [0.3, 0.4) is 0 Å². The Balaban J connectivity index is 2.31. The molecule has 0 spiro atoms. The highest BCUT2D eigenvalue weighted by molar-refractivity contribution is 9.10. The Labute approximate surface area is 116 Å². The van der Waals surface area contributed by atoms with Crippen molar-refractivity contribution in [2.75, 3.05) is 7.11 Å². The highest BCUT2D eigenvalue weighted by Gasteiger charge is 2.17. The molecule has 4 nitrogen and oxygen atoms in total. The van der Waals surface area contributed by atoms with Gasteiger partial charge in [0.05, 0.1) is 5.52 Å². The number of nitrogens with zero attached hydrogens (tertiary/aromatic N) is 1. The first kappa shape index (κ1) is 13.3. The molecule has 1 N–H and O–H groups in total. The van der Waals surface area contributed by atoms with E-state index in [9.17, 15) is 4.79 Å². The first-order chi connectivity index (χ1) is 8.60. The molecule has 0 saturated carbocycles. The number of pyridine rings is 1. The molecule has 18 heavy (non-hydrogen) atoms. The minimum Gasteiger partial charge on any atom is -0.479 e. The fourth-order valence-electron chi connectivity index (χ4n) is 1.48. The summed E-state index contributed by atoms with van der Waals surface area (Å²) in [6.45, 7) is 0. The van der Waals surface area contributed by atoms with E-state index in [4.69, 9.17) is 9.84 Å². The number of fused-ring (bicyclic) bond motifs is 1. The average Bonchev–Trinajstić information content (AvgIpc) is 2.35. The third kappa shape index (κ3) is 3.01. The van der Waals surface area contributed by atoms with Crippen molar-refractivity contribution in [1.82, 2.24) is 4.98 Å². The van der Waals surface area contributed by atoms with Gasteiger partial charge in [-0.3, -0.25) is 4.98 Å². The minimum atomic E-state index is -0.991. The second-order valence-corrected chi connectivity index (χ2v) is 5.58. The van der Waals surface area contributed by atoms with Crippen LogP contribution in [0.25, 0.3) is 10.9 Å². The fraction of sp³-hybridized carbons (Fsp3) is 0.167. The Kier molecular flexibility index (Phi) is 4.21. The van der Waals surface area contributed by atoms with Crippen LogP contribution < -0.4 is 0 Å². The summed E-state index contributed by atoms with van der Waals surface area (Å²) in [4.78, 5) is 16.0. The summed E-state index contributed by atoms with van der Waals surface area (Å²) in [5, 5.41) is 9.88. The molecule has 6 heteroatoms. The Hall–Kier alpha value is -1.11. The van der Waals surface area contributed by atoms with Crippen molar-refractivity contribution in [3.05, 3.63) is 34.9 Å². The molecule has 94 valence electrons. The molecule has 2 rings (SSSR count). The van der Waals surface area contributed by atoms with Crippen LogP contribution in [0.15, 0.2) is 39.8 Å². The molecule has 0 amide bonds. The molecule has 1 aromatic heterocycles. The zero-order chi connectivity index (χ0) is 13.1. The number of aromatic nitrogens is 1. The molecule has 0 bridgehead atoms.